The van der Waals surface area contributed by atoms with E-state index < -0.39 is 6.04 Å². The van der Waals surface area contributed by atoms with E-state index in [0.29, 0.717) is 19.5 Å². The van der Waals surface area contributed by atoms with Gasteiger partial charge >= 0.3 is 0 Å². The van der Waals surface area contributed by atoms with Gasteiger partial charge in [0.15, 0.2) is 0 Å². The Morgan fingerprint density at radius 2 is 1.87 bits per heavy atom. The molecule has 0 aromatic heterocycles. The molecule has 1 aromatic carbocycles. The van der Waals surface area contributed by atoms with Crippen LogP contribution < -0.4 is 4.90 Å². The molecule has 4 heteroatoms. The summed E-state index contributed by atoms with van der Waals surface area (Å²) in [7, 11) is 0. The van der Waals surface area contributed by atoms with Crippen LogP contribution in [0.25, 0.3) is 0 Å². The van der Waals surface area contributed by atoms with Crippen molar-refractivity contribution in [2.24, 2.45) is 5.41 Å². The van der Waals surface area contributed by atoms with Crippen LogP contribution >= 0.6 is 0 Å². The molecule has 0 aliphatic carbocycles. The third-order valence-corrected chi connectivity index (χ3v) is 4.52. The first-order valence-corrected chi connectivity index (χ1v) is 8.29. The number of nitrogens with zero attached hydrogens (tertiary/aromatic N) is 2. The maximum atomic E-state index is 12.8. The topological polar surface area (TPSA) is 40.6 Å². The van der Waals surface area contributed by atoms with Gasteiger partial charge in [0.05, 0.1) is 0 Å². The second-order valence-corrected chi connectivity index (χ2v) is 7.71. The summed E-state index contributed by atoms with van der Waals surface area (Å²) in [5.74, 6) is 0.0752. The molecule has 0 N–H and O–H groups in total. The van der Waals surface area contributed by atoms with Gasteiger partial charge in [0.25, 0.3) is 0 Å². The second-order valence-electron chi connectivity index (χ2n) is 7.71. The summed E-state index contributed by atoms with van der Waals surface area (Å²) in [4.78, 5) is 28.8. The van der Waals surface area contributed by atoms with Gasteiger partial charge in [-0.25, -0.2) is 0 Å². The van der Waals surface area contributed by atoms with Gasteiger partial charge in [-0.2, -0.15) is 0 Å². The van der Waals surface area contributed by atoms with E-state index in [1.165, 1.54) is 5.56 Å². The minimum absolute atomic E-state index is 0.00668. The van der Waals surface area contributed by atoms with Gasteiger partial charge in [0.2, 0.25) is 11.8 Å². The molecule has 1 aliphatic rings. The Morgan fingerprint density at radius 3 is 2.48 bits per heavy atom. The van der Waals surface area contributed by atoms with Gasteiger partial charge in [-0.3, -0.25) is 9.59 Å². The lowest BCUT2D eigenvalue weighted by atomic mass is 9.91. The fourth-order valence-corrected chi connectivity index (χ4v) is 3.03. The molecule has 1 saturated heterocycles. The zero-order chi connectivity index (χ0) is 17.4. The van der Waals surface area contributed by atoms with Crippen molar-refractivity contribution in [2.75, 3.05) is 18.0 Å². The lowest BCUT2D eigenvalue weighted by molar-refractivity contribution is -0.142. The number of amides is 2. The summed E-state index contributed by atoms with van der Waals surface area (Å²) in [6.07, 6.45) is 0.466. The third kappa shape index (κ3) is 3.74. The molecule has 2 amide bonds. The van der Waals surface area contributed by atoms with Gasteiger partial charge in [-0.15, -0.1) is 0 Å². The Bertz CT molecular complexity index is 616. The number of hydrogen-bond acceptors (Lipinski definition) is 2. The van der Waals surface area contributed by atoms with E-state index >= 15 is 0 Å². The van der Waals surface area contributed by atoms with Crippen molar-refractivity contribution in [1.82, 2.24) is 4.90 Å². The van der Waals surface area contributed by atoms with Crippen molar-refractivity contribution in [3.63, 3.8) is 0 Å². The lowest BCUT2D eigenvalue weighted by Crippen LogP contribution is -2.58. The molecule has 0 spiro atoms. The molecule has 1 unspecified atom stereocenters. The van der Waals surface area contributed by atoms with E-state index in [4.69, 9.17) is 0 Å². The highest BCUT2D eigenvalue weighted by Crippen LogP contribution is 2.27. The van der Waals surface area contributed by atoms with Crippen LogP contribution in [0.4, 0.5) is 5.69 Å². The lowest BCUT2D eigenvalue weighted by Gasteiger charge is -2.40. The Morgan fingerprint density at radius 1 is 1.22 bits per heavy atom. The number of anilines is 1. The van der Waals surface area contributed by atoms with E-state index in [9.17, 15) is 9.59 Å². The van der Waals surface area contributed by atoms with Gasteiger partial charge in [-0.1, -0.05) is 32.9 Å². The first kappa shape index (κ1) is 17.5. The summed E-state index contributed by atoms with van der Waals surface area (Å²) in [5, 5.41) is 0. The fraction of sp³-hybridized carbons (Fsp3) is 0.579. The van der Waals surface area contributed by atoms with Crippen molar-refractivity contribution in [2.45, 2.75) is 54.0 Å². The summed E-state index contributed by atoms with van der Waals surface area (Å²) in [6.45, 7) is 13.2. The fourth-order valence-electron chi connectivity index (χ4n) is 3.03. The largest absolute Gasteiger partial charge is 0.329 e. The molecular formula is C19H28N2O2. The average Bonchev–Trinajstić information content (AvgIpc) is 2.43. The normalized spacial score (nSPS) is 19.2. The van der Waals surface area contributed by atoms with Crippen molar-refractivity contribution in [1.29, 1.82) is 0 Å². The van der Waals surface area contributed by atoms with Crippen LogP contribution in [-0.2, 0) is 9.59 Å². The molecule has 0 bridgehead atoms. The Balaban J connectivity index is 2.19. The van der Waals surface area contributed by atoms with Crippen LogP contribution in [0.2, 0.25) is 0 Å². The highest BCUT2D eigenvalue weighted by Gasteiger charge is 2.36. The van der Waals surface area contributed by atoms with Crippen molar-refractivity contribution in [3.8, 4) is 0 Å². The van der Waals surface area contributed by atoms with Crippen LogP contribution in [0.1, 0.15) is 45.2 Å². The molecule has 0 saturated carbocycles. The Hall–Kier alpha value is -1.84. The van der Waals surface area contributed by atoms with Crippen LogP contribution in [0.5, 0.6) is 0 Å². The SMILES string of the molecule is Cc1cccc(N2CCN(C(=O)CC(C)(C)C)C(C)C2=O)c1C. The summed E-state index contributed by atoms with van der Waals surface area (Å²) >= 11 is 0. The van der Waals surface area contributed by atoms with Crippen molar-refractivity contribution >= 4 is 17.5 Å². The highest BCUT2D eigenvalue weighted by molar-refractivity contribution is 6.00. The molecule has 1 aliphatic heterocycles. The molecule has 1 fully saturated rings. The average molecular weight is 316 g/mol. The van der Waals surface area contributed by atoms with E-state index in [0.717, 1.165) is 11.3 Å². The van der Waals surface area contributed by atoms with Crippen LogP contribution in [0.15, 0.2) is 18.2 Å². The van der Waals surface area contributed by atoms with Crippen molar-refractivity contribution < 1.29 is 9.59 Å². The molecule has 1 atom stereocenters. The van der Waals surface area contributed by atoms with Gasteiger partial charge in [-0.05, 0) is 43.4 Å². The Kier molecular flexibility index (Phi) is 4.83. The predicted molar refractivity (Wildman–Crippen MR) is 93.5 cm³/mol. The number of benzene rings is 1. The predicted octanol–water partition coefficient (Wildman–Crippen LogP) is 3.30. The number of piperazine rings is 1. The third-order valence-electron chi connectivity index (χ3n) is 4.52. The molecule has 0 radical (unpaired) electrons. The number of aryl methyl sites for hydroxylation is 1. The summed E-state index contributed by atoms with van der Waals surface area (Å²) < 4.78 is 0. The van der Waals surface area contributed by atoms with Gasteiger partial charge < -0.3 is 9.80 Å². The van der Waals surface area contributed by atoms with Crippen LogP contribution in [0.3, 0.4) is 0 Å². The van der Waals surface area contributed by atoms with Gasteiger partial charge in [0.1, 0.15) is 6.04 Å². The summed E-state index contributed by atoms with van der Waals surface area (Å²) in [6, 6.07) is 5.61. The quantitative estimate of drug-likeness (QED) is 0.840. The maximum absolute atomic E-state index is 12.8. The summed E-state index contributed by atoms with van der Waals surface area (Å²) in [5.41, 5.74) is 3.20. The minimum atomic E-state index is -0.404. The molecule has 1 heterocycles. The maximum Gasteiger partial charge on any atom is 0.249 e. The molecular weight excluding hydrogens is 288 g/mol. The van der Waals surface area contributed by atoms with Gasteiger partial charge in [0, 0.05) is 25.2 Å². The number of carbonyl (C=O) groups is 2. The highest BCUT2D eigenvalue weighted by atomic mass is 16.2. The van der Waals surface area contributed by atoms with E-state index in [1.807, 2.05) is 51.7 Å². The monoisotopic (exact) mass is 316 g/mol. The van der Waals surface area contributed by atoms with E-state index in [-0.39, 0.29) is 17.2 Å². The van der Waals surface area contributed by atoms with Crippen LogP contribution in [-0.4, -0.2) is 35.8 Å². The Labute approximate surface area is 139 Å². The van der Waals surface area contributed by atoms with E-state index in [2.05, 4.69) is 13.0 Å². The first-order valence-electron chi connectivity index (χ1n) is 8.29. The molecule has 1 aromatic rings. The molecule has 4 nitrogen and oxygen atoms in total. The van der Waals surface area contributed by atoms with Crippen LogP contribution in [0, 0.1) is 19.3 Å². The number of carbonyl (C=O) groups excluding carboxylic acids is 2. The van der Waals surface area contributed by atoms with E-state index in [1.54, 1.807) is 4.90 Å². The number of rotatable bonds is 2. The zero-order valence-electron chi connectivity index (χ0n) is 15.1. The first-order chi connectivity index (χ1) is 10.6. The standard InChI is InChI=1S/C19H28N2O2/c1-13-8-7-9-16(14(13)2)21-11-10-20(15(3)18(21)23)17(22)12-19(4,5)6/h7-9,15H,10-12H2,1-6H3. The smallest absolute Gasteiger partial charge is 0.249 e. The molecule has 126 valence electrons. The van der Waals surface area contributed by atoms with Crippen molar-refractivity contribution in [3.05, 3.63) is 29.3 Å². The molecule has 23 heavy (non-hydrogen) atoms. The minimum Gasteiger partial charge on any atom is -0.329 e. The zero-order valence-corrected chi connectivity index (χ0v) is 15.1. The molecule has 2 rings (SSSR count). The second kappa shape index (κ2) is 6.34. The number of hydrogen-bond donors (Lipinski definition) is 0.